The summed E-state index contributed by atoms with van der Waals surface area (Å²) < 4.78 is 40.2. The second-order valence-electron chi connectivity index (χ2n) is 4.27. The fraction of sp³-hybridized carbons (Fsp3) is 0.500. The maximum atomic E-state index is 11.9. The molecule has 3 nitrogen and oxygen atoms in total. The summed E-state index contributed by atoms with van der Waals surface area (Å²) in [5.74, 6) is 5.37. The molecular weight excluding hydrogens is 316 g/mol. The largest absolute Gasteiger partial charge is 0.411 e. The average molecular weight is 331 g/mol. The maximum absolute atomic E-state index is 11.9. The lowest BCUT2D eigenvalue weighted by Crippen LogP contribution is -2.37. The fourth-order valence-corrected chi connectivity index (χ4v) is 1.93. The molecule has 3 N–H and O–H groups in total. The van der Waals surface area contributed by atoms with E-state index in [1.807, 2.05) is 0 Å². The van der Waals surface area contributed by atoms with Gasteiger partial charge in [-0.3, -0.25) is 11.3 Å². The highest BCUT2D eigenvalue weighted by Crippen LogP contribution is 2.23. The second kappa shape index (κ2) is 8.05. The van der Waals surface area contributed by atoms with Gasteiger partial charge in [-0.25, -0.2) is 0 Å². The molecule has 0 aliphatic heterocycles. The van der Waals surface area contributed by atoms with Gasteiger partial charge in [0.05, 0.1) is 10.0 Å². The van der Waals surface area contributed by atoms with Crippen molar-refractivity contribution in [3.05, 3.63) is 33.8 Å². The first kappa shape index (κ1) is 17.5. The Kier molecular flexibility index (Phi) is 7.05. The Balaban J connectivity index is 2.41. The van der Waals surface area contributed by atoms with E-state index in [4.69, 9.17) is 29.0 Å². The smallest absolute Gasteiger partial charge is 0.372 e. The average Bonchev–Trinajstić information content (AvgIpc) is 2.36. The van der Waals surface area contributed by atoms with Crippen LogP contribution in [0.25, 0.3) is 0 Å². The Hall–Kier alpha value is -0.530. The second-order valence-corrected chi connectivity index (χ2v) is 5.09. The molecule has 8 heteroatoms. The van der Waals surface area contributed by atoms with E-state index in [1.54, 1.807) is 18.2 Å². The minimum atomic E-state index is -4.31. The van der Waals surface area contributed by atoms with Crippen LogP contribution in [0.4, 0.5) is 13.2 Å². The lowest BCUT2D eigenvalue weighted by molar-refractivity contribution is -0.174. The molecule has 0 heterocycles. The Morgan fingerprint density at radius 3 is 2.50 bits per heavy atom. The number of alkyl halides is 3. The zero-order valence-corrected chi connectivity index (χ0v) is 12.0. The third-order valence-electron chi connectivity index (χ3n) is 2.58. The molecule has 0 spiro atoms. The predicted octanol–water partition coefficient (Wildman–Crippen LogP) is 3.34. The van der Waals surface area contributed by atoms with E-state index >= 15 is 0 Å². The molecule has 114 valence electrons. The maximum Gasteiger partial charge on any atom is 0.411 e. The summed E-state index contributed by atoms with van der Waals surface area (Å²) in [6, 6.07) is 4.94. The summed E-state index contributed by atoms with van der Waals surface area (Å²) in [7, 11) is 0. The van der Waals surface area contributed by atoms with Gasteiger partial charge in [0.25, 0.3) is 0 Å². The lowest BCUT2D eigenvalue weighted by Gasteiger charge is -2.16. The summed E-state index contributed by atoms with van der Waals surface area (Å²) in [4.78, 5) is 0. The monoisotopic (exact) mass is 330 g/mol. The third-order valence-corrected chi connectivity index (χ3v) is 3.32. The molecule has 0 amide bonds. The van der Waals surface area contributed by atoms with Crippen LogP contribution in [0.5, 0.6) is 0 Å². The van der Waals surface area contributed by atoms with E-state index in [0.717, 1.165) is 5.56 Å². The molecule has 1 aromatic carbocycles. The molecular formula is C12H15Cl2F3N2O. The van der Waals surface area contributed by atoms with Gasteiger partial charge in [-0.15, -0.1) is 0 Å². The van der Waals surface area contributed by atoms with Crippen molar-refractivity contribution in [3.8, 4) is 0 Å². The van der Waals surface area contributed by atoms with Gasteiger partial charge in [0.1, 0.15) is 6.61 Å². The fourth-order valence-electron chi connectivity index (χ4n) is 1.61. The Bertz CT molecular complexity index is 430. The van der Waals surface area contributed by atoms with Crippen LogP contribution in [0.3, 0.4) is 0 Å². The highest BCUT2D eigenvalue weighted by atomic mass is 35.5. The van der Waals surface area contributed by atoms with Crippen LogP contribution in [0.1, 0.15) is 12.0 Å². The molecule has 0 saturated carbocycles. The lowest BCUT2D eigenvalue weighted by atomic mass is 10.0. The Morgan fingerprint density at radius 2 is 1.95 bits per heavy atom. The summed E-state index contributed by atoms with van der Waals surface area (Å²) in [5.41, 5.74) is 3.43. The van der Waals surface area contributed by atoms with Crippen molar-refractivity contribution in [3.63, 3.8) is 0 Å². The Labute approximate surface area is 125 Å². The van der Waals surface area contributed by atoms with Gasteiger partial charge in [-0.2, -0.15) is 13.2 Å². The van der Waals surface area contributed by atoms with Gasteiger partial charge in [0.2, 0.25) is 0 Å². The number of hydrazine groups is 1. The third kappa shape index (κ3) is 6.76. The van der Waals surface area contributed by atoms with Gasteiger partial charge in [-0.1, -0.05) is 29.3 Å². The molecule has 1 unspecified atom stereocenters. The first-order valence-corrected chi connectivity index (χ1v) is 6.62. The van der Waals surface area contributed by atoms with Crippen LogP contribution in [0, 0.1) is 0 Å². The molecule has 20 heavy (non-hydrogen) atoms. The molecule has 0 fully saturated rings. The van der Waals surface area contributed by atoms with Crippen LogP contribution < -0.4 is 11.3 Å². The normalized spacial score (nSPS) is 13.5. The highest BCUT2D eigenvalue weighted by molar-refractivity contribution is 6.42. The number of halogens is 5. The zero-order valence-electron chi connectivity index (χ0n) is 10.5. The van der Waals surface area contributed by atoms with Gasteiger partial charge >= 0.3 is 6.18 Å². The molecule has 0 aliphatic rings. The number of hydrogen-bond donors (Lipinski definition) is 2. The summed E-state index contributed by atoms with van der Waals surface area (Å²) in [5, 5.41) is 0.870. The van der Waals surface area contributed by atoms with Gasteiger partial charge in [-0.05, 0) is 30.5 Å². The first-order valence-electron chi connectivity index (χ1n) is 5.86. The molecule has 0 saturated heterocycles. The highest BCUT2D eigenvalue weighted by Gasteiger charge is 2.27. The number of ether oxygens (including phenoxy) is 1. The van der Waals surface area contributed by atoms with Gasteiger partial charge in [0.15, 0.2) is 0 Å². The van der Waals surface area contributed by atoms with Gasteiger partial charge < -0.3 is 4.74 Å². The van der Waals surface area contributed by atoms with Crippen molar-refractivity contribution in [2.75, 3.05) is 13.2 Å². The molecule has 0 aliphatic carbocycles. The SMILES string of the molecule is NNC(CCOCC(F)(F)F)Cc1ccc(Cl)c(Cl)c1. The van der Waals surface area contributed by atoms with Crippen LogP contribution in [-0.4, -0.2) is 25.4 Å². The van der Waals surface area contributed by atoms with Crippen molar-refractivity contribution < 1.29 is 17.9 Å². The van der Waals surface area contributed by atoms with Crippen LogP contribution >= 0.6 is 23.2 Å². The van der Waals surface area contributed by atoms with Crippen LogP contribution in [0.15, 0.2) is 18.2 Å². The van der Waals surface area contributed by atoms with E-state index in [-0.39, 0.29) is 12.6 Å². The Morgan fingerprint density at radius 1 is 1.25 bits per heavy atom. The minimum Gasteiger partial charge on any atom is -0.372 e. The molecule has 0 bridgehead atoms. The standard InChI is InChI=1S/C12H15Cl2F3N2O/c13-10-2-1-8(6-11(10)14)5-9(19-18)3-4-20-7-12(15,16)17/h1-2,6,9,19H,3-5,7,18H2. The number of nitrogens with one attached hydrogen (secondary N) is 1. The molecule has 0 radical (unpaired) electrons. The number of nitrogens with two attached hydrogens (primary N) is 1. The van der Waals surface area contributed by atoms with E-state index in [2.05, 4.69) is 10.2 Å². The summed E-state index contributed by atoms with van der Waals surface area (Å²) in [6.45, 7) is -1.28. The van der Waals surface area contributed by atoms with Crippen molar-refractivity contribution in [2.24, 2.45) is 5.84 Å². The van der Waals surface area contributed by atoms with Crippen LogP contribution in [0.2, 0.25) is 10.0 Å². The van der Waals surface area contributed by atoms with Crippen molar-refractivity contribution in [1.29, 1.82) is 0 Å². The quantitative estimate of drug-likeness (QED) is 0.458. The molecule has 1 atom stereocenters. The first-order chi connectivity index (χ1) is 9.31. The van der Waals surface area contributed by atoms with Gasteiger partial charge in [0, 0.05) is 12.6 Å². The molecule has 0 aromatic heterocycles. The van der Waals surface area contributed by atoms with Crippen molar-refractivity contribution >= 4 is 23.2 Å². The minimum absolute atomic E-state index is 0.0320. The summed E-state index contributed by atoms with van der Waals surface area (Å²) in [6.07, 6.45) is -3.44. The van der Waals surface area contributed by atoms with E-state index in [1.165, 1.54) is 0 Å². The number of rotatable bonds is 7. The number of benzene rings is 1. The molecule has 1 aromatic rings. The summed E-state index contributed by atoms with van der Waals surface area (Å²) >= 11 is 11.7. The topological polar surface area (TPSA) is 47.3 Å². The van der Waals surface area contributed by atoms with Crippen LogP contribution in [-0.2, 0) is 11.2 Å². The zero-order chi connectivity index (χ0) is 15.2. The van der Waals surface area contributed by atoms with Crippen molar-refractivity contribution in [2.45, 2.75) is 25.1 Å². The van der Waals surface area contributed by atoms with E-state index < -0.39 is 12.8 Å². The number of hydrogen-bond acceptors (Lipinski definition) is 3. The van der Waals surface area contributed by atoms with E-state index in [0.29, 0.717) is 22.9 Å². The predicted molar refractivity (Wildman–Crippen MR) is 72.8 cm³/mol. The van der Waals surface area contributed by atoms with Crippen molar-refractivity contribution in [1.82, 2.24) is 5.43 Å². The molecule has 1 rings (SSSR count). The van der Waals surface area contributed by atoms with E-state index in [9.17, 15) is 13.2 Å².